The maximum Gasteiger partial charge on any atom is 0.238 e. The molecule has 0 bridgehead atoms. The Morgan fingerprint density at radius 2 is 2.12 bits per heavy atom. The highest BCUT2D eigenvalue weighted by molar-refractivity contribution is 7.89. The lowest BCUT2D eigenvalue weighted by molar-refractivity contribution is -0.645. The van der Waals surface area contributed by atoms with E-state index >= 15 is 0 Å². The smallest absolute Gasteiger partial charge is 0.238 e. The molecular formula is C9H10N3O2S2+. The van der Waals surface area contributed by atoms with Crippen LogP contribution in [0.3, 0.4) is 0 Å². The van der Waals surface area contributed by atoms with Crippen molar-refractivity contribution in [3.05, 3.63) is 29.0 Å². The summed E-state index contributed by atoms with van der Waals surface area (Å²) in [5.74, 6) is 0. The predicted octanol–water partition coefficient (Wildman–Crippen LogP) is 0.369. The largest absolute Gasteiger partial charge is 0.336 e. The Labute approximate surface area is 97.6 Å². The second-order valence-corrected chi connectivity index (χ2v) is 5.45. The second-order valence-electron chi connectivity index (χ2n) is 3.45. The van der Waals surface area contributed by atoms with Crippen molar-refractivity contribution >= 4 is 33.3 Å². The number of fused-ring (bicyclic) bond motifs is 1. The molecule has 0 unspecified atom stereocenters. The summed E-state index contributed by atoms with van der Waals surface area (Å²) in [7, 11) is -1.85. The molecule has 3 N–H and O–H groups in total. The maximum absolute atomic E-state index is 11.2. The monoisotopic (exact) mass is 256 g/mol. The van der Waals surface area contributed by atoms with Gasteiger partial charge in [0.05, 0.1) is 4.90 Å². The molecule has 7 heteroatoms. The molecule has 0 atom stereocenters. The molecule has 1 aromatic carbocycles. The third-order valence-corrected chi connectivity index (χ3v) is 3.36. The highest BCUT2D eigenvalue weighted by Crippen LogP contribution is 2.13. The van der Waals surface area contributed by atoms with Gasteiger partial charge in [0.2, 0.25) is 21.7 Å². The van der Waals surface area contributed by atoms with Gasteiger partial charge >= 0.3 is 0 Å². The first kappa shape index (κ1) is 11.2. The Morgan fingerprint density at radius 3 is 2.75 bits per heavy atom. The number of nitrogens with one attached hydrogen (secondary N) is 1. The van der Waals surface area contributed by atoms with E-state index in [-0.39, 0.29) is 4.90 Å². The van der Waals surface area contributed by atoms with Crippen LogP contribution in [0, 0.1) is 4.64 Å². The average Bonchev–Trinajstić information content (AvgIpc) is 2.15. The molecule has 0 amide bonds. The number of nitrogens with zero attached hydrogens (tertiary/aromatic N) is 1. The molecule has 0 fully saturated rings. The fourth-order valence-corrected chi connectivity index (χ4v) is 2.32. The normalized spacial score (nSPS) is 11.9. The molecule has 2 rings (SSSR count). The standard InChI is InChI=1S/C9H9N3O2S2/c1-12-5-9(15)11-7-4-6(16(10,13)14)2-3-8(7)12/h2-5H,1H3,(H2-,10,11,13,14,15)/p+1. The maximum atomic E-state index is 11.2. The summed E-state index contributed by atoms with van der Waals surface area (Å²) < 4.78 is 24.7. The van der Waals surface area contributed by atoms with Gasteiger partial charge in [0.1, 0.15) is 12.6 Å². The van der Waals surface area contributed by atoms with E-state index in [1.165, 1.54) is 12.1 Å². The van der Waals surface area contributed by atoms with Crippen LogP contribution in [0.2, 0.25) is 0 Å². The summed E-state index contributed by atoms with van der Waals surface area (Å²) in [4.78, 5) is 2.98. The van der Waals surface area contributed by atoms with Crippen LogP contribution in [-0.4, -0.2) is 13.4 Å². The summed E-state index contributed by atoms with van der Waals surface area (Å²) in [5.41, 5.74) is 1.49. The number of H-pyrrole nitrogens is 1. The molecule has 0 aliphatic heterocycles. The lowest BCUT2D eigenvalue weighted by Gasteiger charge is -2.00. The third kappa shape index (κ3) is 1.97. The molecule has 2 aromatic rings. The Kier molecular flexibility index (Phi) is 2.53. The summed E-state index contributed by atoms with van der Waals surface area (Å²) in [6, 6.07) is 4.62. The number of nitrogens with two attached hydrogens (primary N) is 1. The second kappa shape index (κ2) is 3.62. The Balaban J connectivity index is 2.87. The lowest BCUT2D eigenvalue weighted by Crippen LogP contribution is -2.29. The minimum absolute atomic E-state index is 0.0665. The summed E-state index contributed by atoms with van der Waals surface area (Å²) in [5, 5.41) is 5.05. The van der Waals surface area contributed by atoms with E-state index in [0.29, 0.717) is 10.2 Å². The van der Waals surface area contributed by atoms with Crippen LogP contribution in [0.25, 0.3) is 11.0 Å². The van der Waals surface area contributed by atoms with E-state index in [0.717, 1.165) is 5.52 Å². The van der Waals surface area contributed by atoms with Gasteiger partial charge in [0, 0.05) is 6.07 Å². The molecule has 1 aromatic heterocycles. The zero-order chi connectivity index (χ0) is 11.9. The van der Waals surface area contributed by atoms with Gasteiger partial charge in [-0.05, 0) is 12.1 Å². The Morgan fingerprint density at radius 1 is 1.44 bits per heavy atom. The van der Waals surface area contributed by atoms with Gasteiger partial charge in [0.25, 0.3) is 0 Å². The van der Waals surface area contributed by atoms with E-state index in [1.807, 2.05) is 11.6 Å². The summed E-state index contributed by atoms with van der Waals surface area (Å²) in [6.07, 6.45) is 1.74. The van der Waals surface area contributed by atoms with Crippen LogP contribution in [0.15, 0.2) is 29.3 Å². The van der Waals surface area contributed by atoms with Crippen molar-refractivity contribution in [2.75, 3.05) is 0 Å². The molecular weight excluding hydrogens is 246 g/mol. The molecule has 0 aliphatic carbocycles. The van der Waals surface area contributed by atoms with Crippen LogP contribution in [-0.2, 0) is 17.1 Å². The topological polar surface area (TPSA) is 79.8 Å². The zero-order valence-electron chi connectivity index (χ0n) is 8.47. The fraction of sp³-hybridized carbons (Fsp3) is 0.111. The number of aryl methyl sites for hydroxylation is 1. The Bertz CT molecular complexity index is 719. The molecule has 0 spiro atoms. The predicted molar refractivity (Wildman–Crippen MR) is 61.7 cm³/mol. The lowest BCUT2D eigenvalue weighted by atomic mass is 10.3. The number of rotatable bonds is 1. The average molecular weight is 256 g/mol. The van der Waals surface area contributed by atoms with E-state index in [4.69, 9.17) is 17.4 Å². The number of sulfonamides is 1. The first-order chi connectivity index (χ1) is 7.38. The van der Waals surface area contributed by atoms with Gasteiger partial charge in [-0.1, -0.05) is 12.2 Å². The van der Waals surface area contributed by atoms with E-state index in [1.54, 1.807) is 12.3 Å². The first-order valence-corrected chi connectivity index (χ1v) is 6.39. The van der Waals surface area contributed by atoms with Crippen LogP contribution in [0.1, 0.15) is 0 Å². The molecule has 0 saturated heterocycles. The van der Waals surface area contributed by atoms with E-state index in [9.17, 15) is 8.42 Å². The number of aromatic nitrogens is 2. The molecule has 0 saturated carbocycles. The van der Waals surface area contributed by atoms with Crippen molar-refractivity contribution in [3.63, 3.8) is 0 Å². The zero-order valence-corrected chi connectivity index (χ0v) is 10.1. The van der Waals surface area contributed by atoms with Gasteiger partial charge in [-0.15, -0.1) is 0 Å². The van der Waals surface area contributed by atoms with Crippen LogP contribution in [0.4, 0.5) is 0 Å². The molecule has 0 radical (unpaired) electrons. The van der Waals surface area contributed by atoms with E-state index < -0.39 is 10.0 Å². The van der Waals surface area contributed by atoms with Crippen molar-refractivity contribution in [1.82, 2.24) is 4.98 Å². The highest BCUT2D eigenvalue weighted by Gasteiger charge is 2.12. The number of hydrogen-bond donors (Lipinski definition) is 2. The van der Waals surface area contributed by atoms with E-state index in [2.05, 4.69) is 4.98 Å². The van der Waals surface area contributed by atoms with Crippen LogP contribution in [0.5, 0.6) is 0 Å². The molecule has 1 heterocycles. The van der Waals surface area contributed by atoms with Gasteiger partial charge < -0.3 is 4.98 Å². The molecule has 84 valence electrons. The van der Waals surface area contributed by atoms with Crippen molar-refractivity contribution in [3.8, 4) is 0 Å². The van der Waals surface area contributed by atoms with Crippen LogP contribution < -0.4 is 9.71 Å². The molecule has 5 nitrogen and oxygen atoms in total. The van der Waals surface area contributed by atoms with Crippen molar-refractivity contribution in [2.24, 2.45) is 12.2 Å². The van der Waals surface area contributed by atoms with Crippen molar-refractivity contribution < 1.29 is 13.0 Å². The fourth-order valence-electron chi connectivity index (χ4n) is 1.51. The first-order valence-electron chi connectivity index (χ1n) is 4.43. The van der Waals surface area contributed by atoms with Gasteiger partial charge in [0.15, 0.2) is 4.64 Å². The molecule has 16 heavy (non-hydrogen) atoms. The highest BCUT2D eigenvalue weighted by atomic mass is 32.2. The number of aromatic amines is 1. The summed E-state index contributed by atoms with van der Waals surface area (Å²) in [6.45, 7) is 0. The third-order valence-electron chi connectivity index (χ3n) is 2.25. The van der Waals surface area contributed by atoms with Gasteiger partial charge in [-0.25, -0.2) is 13.6 Å². The quantitative estimate of drug-likeness (QED) is 0.571. The molecule has 0 aliphatic rings. The summed E-state index contributed by atoms with van der Waals surface area (Å²) >= 11 is 5.01. The SMILES string of the molecule is C[n+]1cc(=S)[nH]c2cc(S(N)(=O)=O)ccc21. The van der Waals surface area contributed by atoms with Crippen molar-refractivity contribution in [2.45, 2.75) is 4.90 Å². The minimum atomic E-state index is -3.68. The minimum Gasteiger partial charge on any atom is -0.336 e. The number of hydrogen-bond acceptors (Lipinski definition) is 3. The number of benzene rings is 1. The van der Waals surface area contributed by atoms with Gasteiger partial charge in [-0.2, -0.15) is 4.57 Å². The van der Waals surface area contributed by atoms with Gasteiger partial charge in [-0.3, -0.25) is 0 Å². The van der Waals surface area contributed by atoms with Crippen LogP contribution >= 0.6 is 12.2 Å². The van der Waals surface area contributed by atoms with Crippen molar-refractivity contribution in [1.29, 1.82) is 0 Å². The Hall–Kier alpha value is -1.31. The number of primary sulfonamides is 1.